The highest BCUT2D eigenvalue weighted by Crippen LogP contribution is 2.18. The largest absolute Gasteiger partial charge is 0.286 e. The SMILES string of the molecule is C[SiH](CCCCS(=O)(=O)O)C1=CC=CC1. The molecule has 5 heteroatoms. The minimum absolute atomic E-state index is 0.0918. The van der Waals surface area contributed by atoms with E-state index in [4.69, 9.17) is 4.55 Å². The molecule has 3 nitrogen and oxygen atoms in total. The summed E-state index contributed by atoms with van der Waals surface area (Å²) in [5, 5.41) is 1.56. The summed E-state index contributed by atoms with van der Waals surface area (Å²) in [7, 11) is -4.57. The summed E-state index contributed by atoms with van der Waals surface area (Å²) in [6, 6.07) is 1.13. The zero-order valence-corrected chi connectivity index (χ0v) is 11.0. The molecule has 0 spiro atoms. The fraction of sp³-hybridized carbons (Fsp3) is 0.600. The van der Waals surface area contributed by atoms with Crippen LogP contribution < -0.4 is 0 Å². The van der Waals surface area contributed by atoms with E-state index in [0.29, 0.717) is 6.42 Å². The van der Waals surface area contributed by atoms with Crippen molar-refractivity contribution in [1.29, 1.82) is 0 Å². The molecule has 0 heterocycles. The van der Waals surface area contributed by atoms with E-state index in [1.54, 1.807) is 5.20 Å². The van der Waals surface area contributed by atoms with Crippen LogP contribution in [0.15, 0.2) is 23.4 Å². The van der Waals surface area contributed by atoms with E-state index in [1.165, 1.54) is 0 Å². The van der Waals surface area contributed by atoms with E-state index in [0.717, 1.165) is 18.9 Å². The first-order valence-corrected chi connectivity index (χ1v) is 9.45. The van der Waals surface area contributed by atoms with Crippen LogP contribution in [0.3, 0.4) is 0 Å². The van der Waals surface area contributed by atoms with Crippen molar-refractivity contribution >= 4 is 18.9 Å². The standard InChI is InChI=1S/C10H18O3SSi/c1-15(10-6-2-3-7-10)9-5-4-8-14(11,12)13/h2-3,6,15H,4-5,7-9H2,1H3,(H,11,12,13). The first-order chi connectivity index (χ1) is 6.99. The molecule has 0 aromatic rings. The number of unbranched alkanes of at least 4 members (excludes halogenated alkanes) is 1. The van der Waals surface area contributed by atoms with Gasteiger partial charge in [0.05, 0.1) is 14.5 Å². The maximum atomic E-state index is 10.5. The maximum absolute atomic E-state index is 10.5. The van der Waals surface area contributed by atoms with Crippen molar-refractivity contribution in [3.8, 4) is 0 Å². The molecule has 1 aliphatic rings. The Labute approximate surface area is 93.2 Å². The van der Waals surface area contributed by atoms with E-state index in [1.807, 2.05) is 0 Å². The number of hydrogen-bond acceptors (Lipinski definition) is 2. The van der Waals surface area contributed by atoms with Gasteiger partial charge in [-0.15, -0.1) is 0 Å². The van der Waals surface area contributed by atoms with Crippen LogP contribution in [0.5, 0.6) is 0 Å². The molecule has 15 heavy (non-hydrogen) atoms. The maximum Gasteiger partial charge on any atom is 0.264 e. The molecule has 1 unspecified atom stereocenters. The second-order valence-electron chi connectivity index (χ2n) is 4.06. The van der Waals surface area contributed by atoms with Crippen molar-refractivity contribution in [1.82, 2.24) is 0 Å². The minimum Gasteiger partial charge on any atom is -0.286 e. The Morgan fingerprint density at radius 1 is 1.47 bits per heavy atom. The normalized spacial score (nSPS) is 17.9. The predicted octanol–water partition coefficient (Wildman–Crippen LogP) is 1.94. The smallest absolute Gasteiger partial charge is 0.264 e. The zero-order valence-electron chi connectivity index (χ0n) is 9.02. The van der Waals surface area contributed by atoms with E-state index < -0.39 is 18.9 Å². The Kier molecular flexibility index (Phi) is 4.75. The van der Waals surface area contributed by atoms with Crippen molar-refractivity contribution in [3.63, 3.8) is 0 Å². The van der Waals surface area contributed by atoms with Gasteiger partial charge in [-0.05, 0) is 12.8 Å². The highest BCUT2D eigenvalue weighted by atomic mass is 32.2. The van der Waals surface area contributed by atoms with Crippen LogP contribution >= 0.6 is 0 Å². The van der Waals surface area contributed by atoms with E-state index in [-0.39, 0.29) is 5.75 Å². The summed E-state index contributed by atoms with van der Waals surface area (Å²) in [6.07, 6.45) is 9.03. The Morgan fingerprint density at radius 3 is 2.73 bits per heavy atom. The summed E-state index contributed by atoms with van der Waals surface area (Å²) >= 11 is 0. The van der Waals surface area contributed by atoms with Crippen LogP contribution in [0.1, 0.15) is 19.3 Å². The predicted molar refractivity (Wildman–Crippen MR) is 65.3 cm³/mol. The molecule has 0 radical (unpaired) electrons. The Balaban J connectivity index is 2.15. The molecule has 1 atom stereocenters. The van der Waals surface area contributed by atoms with Crippen LogP contribution in [-0.4, -0.2) is 27.5 Å². The summed E-state index contributed by atoms with van der Waals surface area (Å²) < 4.78 is 29.5. The van der Waals surface area contributed by atoms with Crippen LogP contribution in [0.4, 0.5) is 0 Å². The molecule has 0 amide bonds. The fourth-order valence-electron chi connectivity index (χ4n) is 1.75. The van der Waals surface area contributed by atoms with Crippen molar-refractivity contribution in [2.45, 2.75) is 31.9 Å². The Bertz CT molecular complexity index is 357. The van der Waals surface area contributed by atoms with Crippen molar-refractivity contribution in [2.75, 3.05) is 5.75 Å². The third kappa shape index (κ3) is 5.29. The average Bonchev–Trinajstić information content (AvgIpc) is 2.63. The van der Waals surface area contributed by atoms with Gasteiger partial charge in [0.1, 0.15) is 0 Å². The van der Waals surface area contributed by atoms with Gasteiger partial charge in [0, 0.05) is 0 Å². The third-order valence-electron chi connectivity index (χ3n) is 2.72. The topological polar surface area (TPSA) is 54.4 Å². The molecule has 86 valence electrons. The summed E-state index contributed by atoms with van der Waals surface area (Å²) in [6.45, 7) is 2.30. The number of hydrogen-bond donors (Lipinski definition) is 1. The zero-order chi connectivity index (χ0) is 11.3. The molecular weight excluding hydrogens is 228 g/mol. The molecule has 1 N–H and O–H groups in total. The number of allylic oxidation sites excluding steroid dienone is 4. The van der Waals surface area contributed by atoms with Gasteiger partial charge in [-0.3, -0.25) is 4.55 Å². The first-order valence-electron chi connectivity index (χ1n) is 5.30. The second-order valence-corrected chi connectivity index (χ2v) is 8.75. The highest BCUT2D eigenvalue weighted by Gasteiger charge is 2.11. The molecule has 0 aliphatic heterocycles. The summed E-state index contributed by atoms with van der Waals surface area (Å²) in [5.41, 5.74) is 0. The van der Waals surface area contributed by atoms with Gasteiger partial charge in [0.25, 0.3) is 10.1 Å². The van der Waals surface area contributed by atoms with Gasteiger partial charge in [0.15, 0.2) is 0 Å². The lowest BCUT2D eigenvalue weighted by molar-refractivity contribution is 0.480. The molecule has 0 aromatic heterocycles. The molecular formula is C10H18O3SSi. The molecule has 0 aromatic carbocycles. The van der Waals surface area contributed by atoms with Gasteiger partial charge < -0.3 is 0 Å². The van der Waals surface area contributed by atoms with Crippen LogP contribution in [0.25, 0.3) is 0 Å². The van der Waals surface area contributed by atoms with E-state index in [9.17, 15) is 8.42 Å². The van der Waals surface area contributed by atoms with Gasteiger partial charge in [0.2, 0.25) is 0 Å². The number of rotatable bonds is 6. The highest BCUT2D eigenvalue weighted by molar-refractivity contribution is 7.85. The Hall–Kier alpha value is -0.393. The third-order valence-corrected chi connectivity index (χ3v) is 6.50. The minimum atomic E-state index is -3.75. The first kappa shape index (κ1) is 12.7. The van der Waals surface area contributed by atoms with Gasteiger partial charge in [-0.1, -0.05) is 42.4 Å². The lowest BCUT2D eigenvalue weighted by Gasteiger charge is -2.10. The fourth-order valence-corrected chi connectivity index (χ4v) is 4.57. The van der Waals surface area contributed by atoms with Gasteiger partial charge >= 0.3 is 0 Å². The van der Waals surface area contributed by atoms with Crippen molar-refractivity contribution in [3.05, 3.63) is 23.4 Å². The lowest BCUT2D eigenvalue weighted by atomic mass is 10.4. The van der Waals surface area contributed by atoms with Gasteiger partial charge in [-0.25, -0.2) is 0 Å². The second kappa shape index (κ2) is 5.63. The Morgan fingerprint density at radius 2 is 2.20 bits per heavy atom. The van der Waals surface area contributed by atoms with Crippen molar-refractivity contribution in [2.24, 2.45) is 0 Å². The molecule has 1 rings (SSSR count). The molecule has 0 bridgehead atoms. The van der Waals surface area contributed by atoms with E-state index in [2.05, 4.69) is 24.8 Å². The summed E-state index contributed by atoms with van der Waals surface area (Å²) in [5.74, 6) is -0.0918. The van der Waals surface area contributed by atoms with Crippen LogP contribution in [-0.2, 0) is 10.1 Å². The summed E-state index contributed by atoms with van der Waals surface area (Å²) in [4.78, 5) is 0. The van der Waals surface area contributed by atoms with E-state index >= 15 is 0 Å². The average molecular weight is 246 g/mol. The van der Waals surface area contributed by atoms with Crippen molar-refractivity contribution < 1.29 is 13.0 Å². The molecule has 0 fully saturated rings. The molecule has 0 saturated carbocycles. The van der Waals surface area contributed by atoms with Crippen LogP contribution in [0, 0.1) is 0 Å². The van der Waals surface area contributed by atoms with Gasteiger partial charge in [-0.2, -0.15) is 8.42 Å². The monoisotopic (exact) mass is 246 g/mol. The lowest BCUT2D eigenvalue weighted by Crippen LogP contribution is -2.11. The van der Waals surface area contributed by atoms with Crippen LogP contribution in [0.2, 0.25) is 12.6 Å². The quantitative estimate of drug-likeness (QED) is 0.443. The molecule has 1 aliphatic carbocycles. The molecule has 0 saturated heterocycles.